The van der Waals surface area contributed by atoms with E-state index in [0.717, 1.165) is 5.69 Å². The van der Waals surface area contributed by atoms with Crippen LogP contribution < -0.4 is 11.1 Å². The van der Waals surface area contributed by atoms with Gasteiger partial charge in [0.1, 0.15) is 6.26 Å². The van der Waals surface area contributed by atoms with Crippen molar-refractivity contribution in [3.63, 3.8) is 0 Å². The summed E-state index contributed by atoms with van der Waals surface area (Å²) in [7, 11) is 0. The van der Waals surface area contributed by atoms with Crippen molar-refractivity contribution in [3.05, 3.63) is 12.0 Å². The fraction of sp³-hybridized carbons (Fsp3) is 0.571. The fourth-order valence-electron chi connectivity index (χ4n) is 0.713. The van der Waals surface area contributed by atoms with Gasteiger partial charge in [0.05, 0.1) is 5.69 Å². The highest BCUT2D eigenvalue weighted by Crippen LogP contribution is 2.01. The average Bonchev–Trinajstić information content (AvgIpc) is 2.31. The first-order valence-electron chi connectivity index (χ1n) is 3.61. The van der Waals surface area contributed by atoms with Gasteiger partial charge in [0, 0.05) is 12.6 Å². The predicted molar refractivity (Wildman–Crippen MR) is 42.9 cm³/mol. The second-order valence-electron chi connectivity index (χ2n) is 2.71. The summed E-state index contributed by atoms with van der Waals surface area (Å²) < 4.78 is 4.82. The maximum atomic E-state index is 5.28. The summed E-state index contributed by atoms with van der Waals surface area (Å²) >= 11 is 0. The molecular weight excluding hydrogens is 142 g/mol. The van der Waals surface area contributed by atoms with E-state index in [1.54, 1.807) is 6.26 Å². The highest BCUT2D eigenvalue weighted by atomic mass is 16.4. The Bertz CT molecular complexity index is 219. The van der Waals surface area contributed by atoms with Crippen LogP contribution in [0.1, 0.15) is 19.5 Å². The van der Waals surface area contributed by atoms with Crippen LogP contribution in [0.2, 0.25) is 0 Å². The molecule has 1 aromatic rings. The van der Waals surface area contributed by atoms with Crippen molar-refractivity contribution in [1.82, 2.24) is 10.3 Å². The molecule has 0 fully saturated rings. The van der Waals surface area contributed by atoms with E-state index in [1.807, 2.05) is 0 Å². The van der Waals surface area contributed by atoms with Gasteiger partial charge in [-0.2, -0.15) is 4.98 Å². The molecule has 0 amide bonds. The van der Waals surface area contributed by atoms with E-state index in [2.05, 4.69) is 24.1 Å². The monoisotopic (exact) mass is 155 g/mol. The number of rotatable bonds is 3. The average molecular weight is 155 g/mol. The Morgan fingerprint density at radius 2 is 2.45 bits per heavy atom. The Balaban J connectivity index is 2.39. The van der Waals surface area contributed by atoms with Gasteiger partial charge in [-0.15, -0.1) is 0 Å². The zero-order valence-corrected chi connectivity index (χ0v) is 6.79. The topological polar surface area (TPSA) is 64.1 Å². The Hall–Kier alpha value is -1.03. The maximum Gasteiger partial charge on any atom is 0.292 e. The predicted octanol–water partition coefficient (Wildman–Crippen LogP) is 0.755. The highest BCUT2D eigenvalue weighted by Gasteiger charge is 1.99. The molecule has 62 valence electrons. The molecule has 0 unspecified atom stereocenters. The van der Waals surface area contributed by atoms with Gasteiger partial charge in [0.15, 0.2) is 0 Å². The van der Waals surface area contributed by atoms with E-state index >= 15 is 0 Å². The SMILES string of the molecule is CC(C)NCc1coc(N)n1. The molecule has 0 aliphatic heterocycles. The zero-order valence-electron chi connectivity index (χ0n) is 6.79. The van der Waals surface area contributed by atoms with Crippen molar-refractivity contribution in [3.8, 4) is 0 Å². The molecule has 0 radical (unpaired) electrons. The van der Waals surface area contributed by atoms with E-state index in [0.29, 0.717) is 12.6 Å². The summed E-state index contributed by atoms with van der Waals surface area (Å²) in [4.78, 5) is 3.93. The van der Waals surface area contributed by atoms with E-state index in [4.69, 9.17) is 10.2 Å². The van der Waals surface area contributed by atoms with Crippen LogP contribution >= 0.6 is 0 Å². The zero-order chi connectivity index (χ0) is 8.27. The summed E-state index contributed by atoms with van der Waals surface area (Å²) in [5, 5.41) is 3.20. The van der Waals surface area contributed by atoms with Crippen LogP contribution in [0.3, 0.4) is 0 Å². The minimum atomic E-state index is 0.227. The van der Waals surface area contributed by atoms with Crippen molar-refractivity contribution in [1.29, 1.82) is 0 Å². The Morgan fingerprint density at radius 1 is 1.73 bits per heavy atom. The van der Waals surface area contributed by atoms with Crippen molar-refractivity contribution < 1.29 is 4.42 Å². The molecule has 0 saturated carbocycles. The molecule has 0 bridgehead atoms. The summed E-state index contributed by atoms with van der Waals surface area (Å²) in [5.41, 5.74) is 6.12. The highest BCUT2D eigenvalue weighted by molar-refractivity contribution is 5.12. The smallest absolute Gasteiger partial charge is 0.292 e. The van der Waals surface area contributed by atoms with E-state index in [-0.39, 0.29) is 6.01 Å². The lowest BCUT2D eigenvalue weighted by molar-refractivity contribution is 0.563. The number of nitrogen functional groups attached to an aromatic ring is 1. The molecule has 4 heteroatoms. The summed E-state index contributed by atoms with van der Waals surface area (Å²) in [6.07, 6.45) is 1.56. The Labute approximate surface area is 65.8 Å². The molecule has 0 aromatic carbocycles. The van der Waals surface area contributed by atoms with Gasteiger partial charge < -0.3 is 15.5 Å². The molecule has 0 spiro atoms. The molecular formula is C7H13N3O. The second-order valence-corrected chi connectivity index (χ2v) is 2.71. The van der Waals surface area contributed by atoms with Gasteiger partial charge in [0.2, 0.25) is 0 Å². The van der Waals surface area contributed by atoms with Crippen LogP contribution in [0.15, 0.2) is 10.7 Å². The van der Waals surface area contributed by atoms with E-state index < -0.39 is 0 Å². The standard InChI is InChI=1S/C7H13N3O/c1-5(2)9-3-6-4-11-7(8)10-6/h4-5,9H,3H2,1-2H3,(H2,8,10). The van der Waals surface area contributed by atoms with Gasteiger partial charge in [0.25, 0.3) is 6.01 Å². The molecule has 1 rings (SSSR count). The molecule has 4 nitrogen and oxygen atoms in total. The first-order chi connectivity index (χ1) is 5.18. The third-order valence-corrected chi connectivity index (χ3v) is 1.26. The number of nitrogens with zero attached hydrogens (tertiary/aromatic N) is 1. The number of nitrogens with one attached hydrogen (secondary N) is 1. The lowest BCUT2D eigenvalue weighted by Crippen LogP contribution is -2.21. The number of anilines is 1. The molecule has 3 N–H and O–H groups in total. The van der Waals surface area contributed by atoms with E-state index in [1.165, 1.54) is 0 Å². The lowest BCUT2D eigenvalue weighted by Gasteiger charge is -2.03. The van der Waals surface area contributed by atoms with Crippen molar-refractivity contribution in [2.75, 3.05) is 5.73 Å². The van der Waals surface area contributed by atoms with Crippen LogP contribution in [0.25, 0.3) is 0 Å². The summed E-state index contributed by atoms with van der Waals surface area (Å²) in [6.45, 7) is 4.85. The molecule has 0 aliphatic carbocycles. The van der Waals surface area contributed by atoms with Crippen LogP contribution in [0, 0.1) is 0 Å². The number of hydrogen-bond donors (Lipinski definition) is 2. The summed E-state index contributed by atoms with van der Waals surface area (Å²) in [6, 6.07) is 0.679. The molecule has 11 heavy (non-hydrogen) atoms. The quantitative estimate of drug-likeness (QED) is 0.676. The molecule has 1 aromatic heterocycles. The number of hydrogen-bond acceptors (Lipinski definition) is 4. The Kier molecular flexibility index (Phi) is 2.48. The van der Waals surface area contributed by atoms with Crippen LogP contribution in [0.5, 0.6) is 0 Å². The molecule has 0 saturated heterocycles. The first-order valence-corrected chi connectivity index (χ1v) is 3.61. The molecule has 0 atom stereocenters. The van der Waals surface area contributed by atoms with Gasteiger partial charge in [-0.3, -0.25) is 0 Å². The first kappa shape index (κ1) is 8.07. The fourth-order valence-corrected chi connectivity index (χ4v) is 0.713. The Morgan fingerprint density at radius 3 is 2.91 bits per heavy atom. The largest absolute Gasteiger partial charge is 0.432 e. The second kappa shape index (κ2) is 3.39. The molecule has 0 aliphatic rings. The van der Waals surface area contributed by atoms with Gasteiger partial charge in [-0.1, -0.05) is 13.8 Å². The van der Waals surface area contributed by atoms with Crippen molar-refractivity contribution in [2.24, 2.45) is 0 Å². The molecule has 1 heterocycles. The third kappa shape index (κ3) is 2.59. The van der Waals surface area contributed by atoms with Gasteiger partial charge in [-0.05, 0) is 0 Å². The normalized spacial score (nSPS) is 10.8. The van der Waals surface area contributed by atoms with Crippen LogP contribution in [-0.4, -0.2) is 11.0 Å². The minimum absolute atomic E-state index is 0.227. The number of aromatic nitrogens is 1. The van der Waals surface area contributed by atoms with Crippen molar-refractivity contribution >= 4 is 6.01 Å². The van der Waals surface area contributed by atoms with Crippen LogP contribution in [-0.2, 0) is 6.54 Å². The van der Waals surface area contributed by atoms with E-state index in [9.17, 15) is 0 Å². The van der Waals surface area contributed by atoms with Gasteiger partial charge >= 0.3 is 0 Å². The van der Waals surface area contributed by atoms with Crippen molar-refractivity contribution in [2.45, 2.75) is 26.4 Å². The number of oxazole rings is 1. The van der Waals surface area contributed by atoms with Gasteiger partial charge in [-0.25, -0.2) is 0 Å². The third-order valence-electron chi connectivity index (χ3n) is 1.26. The minimum Gasteiger partial charge on any atom is -0.432 e. The van der Waals surface area contributed by atoms with Crippen LogP contribution in [0.4, 0.5) is 6.01 Å². The lowest BCUT2D eigenvalue weighted by atomic mass is 10.4. The summed E-state index contributed by atoms with van der Waals surface area (Å²) in [5.74, 6) is 0. The maximum absolute atomic E-state index is 5.28. The number of nitrogens with two attached hydrogens (primary N) is 1.